The number of carboxylic acids is 1. The van der Waals surface area contributed by atoms with E-state index in [0.29, 0.717) is 23.9 Å². The topological polar surface area (TPSA) is 108 Å². The van der Waals surface area contributed by atoms with Crippen LogP contribution in [0.4, 0.5) is 0 Å². The number of hydrogen-bond donors (Lipinski definition) is 1. The Morgan fingerprint density at radius 2 is 0.695 bits per heavy atom. The van der Waals surface area contributed by atoms with Gasteiger partial charge in [-0.2, -0.15) is 0 Å². The Hall–Kier alpha value is -3.27. The fourth-order valence-electron chi connectivity index (χ4n) is 9.96. The third-order valence-electron chi connectivity index (χ3n) is 15.2. The summed E-state index contributed by atoms with van der Waals surface area (Å²) in [5.74, 6) is -2.00. The van der Waals surface area contributed by atoms with Crippen molar-refractivity contribution in [2.24, 2.45) is 0 Å². The van der Waals surface area contributed by atoms with E-state index in [4.69, 9.17) is 18.9 Å². The van der Waals surface area contributed by atoms with Crippen LogP contribution in [0.5, 0.6) is 0 Å². The molecule has 0 heterocycles. The molecule has 0 aliphatic rings. The minimum Gasteiger partial charge on any atom is -0.477 e. The average molecular weight is 1150 g/mol. The highest BCUT2D eigenvalue weighted by molar-refractivity contribution is 5.71. The zero-order chi connectivity index (χ0) is 59.8. The second kappa shape index (κ2) is 63.7. The number of likely N-dealkylation sites (N-methyl/N-ethyl adjacent to an activating group) is 1. The van der Waals surface area contributed by atoms with Gasteiger partial charge in [0.1, 0.15) is 13.2 Å². The highest BCUT2D eigenvalue weighted by Crippen LogP contribution is 2.18. The Morgan fingerprint density at radius 1 is 0.378 bits per heavy atom. The minimum absolute atomic E-state index is 0.183. The molecule has 9 nitrogen and oxygen atoms in total. The van der Waals surface area contributed by atoms with E-state index < -0.39 is 24.3 Å². The van der Waals surface area contributed by atoms with E-state index >= 15 is 0 Å². The largest absolute Gasteiger partial charge is 0.477 e. The van der Waals surface area contributed by atoms with Gasteiger partial charge in [0.25, 0.3) is 6.29 Å². The van der Waals surface area contributed by atoms with Gasteiger partial charge >= 0.3 is 17.9 Å². The lowest BCUT2D eigenvalue weighted by atomic mass is 10.0. The Kier molecular flexibility index (Phi) is 61.2. The summed E-state index contributed by atoms with van der Waals surface area (Å²) in [7, 11) is 5.98. The lowest BCUT2D eigenvalue weighted by Gasteiger charge is -2.25. The van der Waals surface area contributed by atoms with Crippen LogP contribution in [-0.4, -0.2) is 87.4 Å². The van der Waals surface area contributed by atoms with Gasteiger partial charge in [0, 0.05) is 12.8 Å². The van der Waals surface area contributed by atoms with Crippen molar-refractivity contribution >= 4 is 17.9 Å². The van der Waals surface area contributed by atoms with E-state index in [1.54, 1.807) is 0 Å². The summed E-state index contributed by atoms with van der Waals surface area (Å²) >= 11 is 0. The van der Waals surface area contributed by atoms with Crippen molar-refractivity contribution in [2.45, 2.75) is 328 Å². The van der Waals surface area contributed by atoms with Crippen LogP contribution in [-0.2, 0) is 33.3 Å². The summed E-state index contributed by atoms with van der Waals surface area (Å²) in [5, 5.41) is 9.74. The first-order valence-electron chi connectivity index (χ1n) is 34.6. The Bertz CT molecular complexity index is 1570. The van der Waals surface area contributed by atoms with Gasteiger partial charge in [-0.15, -0.1) is 0 Å². The van der Waals surface area contributed by atoms with E-state index in [0.717, 1.165) is 83.5 Å². The first-order valence-corrected chi connectivity index (χ1v) is 34.6. The van der Waals surface area contributed by atoms with Crippen LogP contribution in [0.1, 0.15) is 316 Å². The van der Waals surface area contributed by atoms with Gasteiger partial charge < -0.3 is 28.5 Å². The SMILES string of the molecule is CC/C=C\C/C=C\C/C=C\C/C=C\C/C=C\C/C=C\CCCCCCCCCCCCC(=O)OC(COC(=O)CCCCCCCCCCCCCCCCCCCCCCCCCCCCCC)COC(OCC[N+](C)(C)C)C(=O)O. The molecule has 0 amide bonds. The molecule has 0 aliphatic heterocycles. The van der Waals surface area contributed by atoms with Crippen LogP contribution >= 0.6 is 0 Å². The third kappa shape index (κ3) is 64.3. The maximum atomic E-state index is 12.9. The molecule has 0 aromatic carbocycles. The summed E-state index contributed by atoms with van der Waals surface area (Å²) in [4.78, 5) is 37.6. The van der Waals surface area contributed by atoms with E-state index in [1.807, 2.05) is 21.1 Å². The van der Waals surface area contributed by atoms with Gasteiger partial charge in [0.05, 0.1) is 34.4 Å². The lowest BCUT2D eigenvalue weighted by Crippen LogP contribution is -2.40. The predicted octanol–water partition coefficient (Wildman–Crippen LogP) is 21.3. The maximum absolute atomic E-state index is 12.9. The molecule has 0 aliphatic carbocycles. The normalized spacial score (nSPS) is 13.1. The molecule has 82 heavy (non-hydrogen) atoms. The smallest absolute Gasteiger partial charge is 0.361 e. The molecule has 0 aromatic heterocycles. The predicted molar refractivity (Wildman–Crippen MR) is 350 cm³/mol. The highest BCUT2D eigenvalue weighted by atomic mass is 16.7. The average Bonchev–Trinajstić information content (AvgIpc) is 3.47. The minimum atomic E-state index is -1.51. The first-order chi connectivity index (χ1) is 40.1. The fraction of sp³-hybridized carbons (Fsp3) is 0.795. The number of aliphatic carboxylic acids is 1. The van der Waals surface area contributed by atoms with Crippen LogP contribution in [0.25, 0.3) is 0 Å². The summed E-state index contributed by atoms with van der Waals surface area (Å²) in [6.07, 6.45) is 81.5. The number of carboxylic acid groups (broad SMARTS) is 1. The Labute approximate surface area is 507 Å². The molecule has 0 saturated heterocycles. The van der Waals surface area contributed by atoms with Gasteiger partial charge in [-0.25, -0.2) is 4.79 Å². The quantitative estimate of drug-likeness (QED) is 0.0211. The molecule has 0 radical (unpaired) electrons. The van der Waals surface area contributed by atoms with Crippen molar-refractivity contribution in [3.05, 3.63) is 72.9 Å². The molecule has 476 valence electrons. The lowest BCUT2D eigenvalue weighted by molar-refractivity contribution is -0.870. The molecule has 0 fully saturated rings. The molecule has 9 heteroatoms. The number of nitrogens with zero attached hydrogens (tertiary/aromatic N) is 1. The number of ether oxygens (including phenoxy) is 4. The number of unbranched alkanes of at least 4 members (excludes halogenated alkanes) is 37. The van der Waals surface area contributed by atoms with Crippen molar-refractivity contribution in [3.63, 3.8) is 0 Å². The number of carbonyl (C=O) groups is 3. The third-order valence-corrected chi connectivity index (χ3v) is 15.2. The monoisotopic (exact) mass is 1150 g/mol. The molecule has 0 spiro atoms. The fourth-order valence-corrected chi connectivity index (χ4v) is 9.96. The van der Waals surface area contributed by atoms with E-state index in [1.165, 1.54) is 199 Å². The molecule has 2 atom stereocenters. The number of carbonyl (C=O) groups excluding carboxylic acids is 2. The zero-order valence-corrected chi connectivity index (χ0v) is 54.4. The van der Waals surface area contributed by atoms with Crippen molar-refractivity contribution in [1.82, 2.24) is 0 Å². The van der Waals surface area contributed by atoms with Crippen molar-refractivity contribution in [1.29, 1.82) is 0 Å². The van der Waals surface area contributed by atoms with E-state index in [2.05, 4.69) is 86.8 Å². The number of esters is 2. The number of allylic oxidation sites excluding steroid dienone is 12. The van der Waals surface area contributed by atoms with Gasteiger partial charge in [-0.1, -0.05) is 311 Å². The van der Waals surface area contributed by atoms with Gasteiger partial charge in [-0.3, -0.25) is 9.59 Å². The van der Waals surface area contributed by atoms with Crippen LogP contribution in [0.2, 0.25) is 0 Å². The molecule has 0 saturated carbocycles. The zero-order valence-electron chi connectivity index (χ0n) is 54.4. The van der Waals surface area contributed by atoms with Gasteiger partial charge in [0.15, 0.2) is 6.10 Å². The van der Waals surface area contributed by atoms with Crippen molar-refractivity contribution in [2.75, 3.05) is 47.5 Å². The van der Waals surface area contributed by atoms with Crippen LogP contribution < -0.4 is 0 Å². The second-order valence-corrected chi connectivity index (χ2v) is 24.5. The molecule has 1 N–H and O–H groups in total. The Balaban J connectivity index is 4.13. The van der Waals surface area contributed by atoms with Crippen molar-refractivity contribution in [3.8, 4) is 0 Å². The first kappa shape index (κ1) is 78.7. The molecular weight excluding hydrogens is 1020 g/mol. The number of rotatable bonds is 64. The summed E-state index contributed by atoms with van der Waals surface area (Å²) in [6.45, 7) is 4.80. The number of hydrogen-bond acceptors (Lipinski definition) is 7. The van der Waals surface area contributed by atoms with Gasteiger partial charge in [-0.05, 0) is 64.2 Å². The summed E-state index contributed by atoms with van der Waals surface area (Å²) in [6, 6.07) is 0. The molecule has 2 unspecified atom stereocenters. The standard InChI is InChI=1S/C73H131NO8/c1-6-8-10-12-14-16-18-20-22-24-26-28-30-32-34-36-38-40-42-44-46-48-50-52-54-56-58-60-62-64-71(76)82-69(68-81-73(72(77)78)79-66-65-74(3,4)5)67-80-70(75)63-61-59-57-55-53-51-49-47-45-43-41-39-37-35-33-31-29-27-25-23-21-19-17-15-13-11-9-7-2/h8,10,14,16,20,22,26,28,32,34,38,40,69,73H,6-7,9,11-13,15,17-19,21,23-25,27,29-31,33,35-37,39,41-68H2,1-5H3/p+1/b10-8-,16-14-,22-20-,28-26-,34-32-,40-38-. The van der Waals surface area contributed by atoms with Crippen LogP contribution in [0.15, 0.2) is 72.9 Å². The Morgan fingerprint density at radius 3 is 1.04 bits per heavy atom. The molecule has 0 rings (SSSR count). The maximum Gasteiger partial charge on any atom is 0.361 e. The molecular formula is C73H132NO8+. The summed E-state index contributed by atoms with van der Waals surface area (Å²) in [5.41, 5.74) is 0. The van der Waals surface area contributed by atoms with E-state index in [-0.39, 0.29) is 32.2 Å². The summed E-state index contributed by atoms with van der Waals surface area (Å²) < 4.78 is 23.0. The second-order valence-electron chi connectivity index (χ2n) is 24.5. The highest BCUT2D eigenvalue weighted by Gasteiger charge is 2.25. The van der Waals surface area contributed by atoms with Crippen molar-refractivity contribution < 1.29 is 42.9 Å². The van der Waals surface area contributed by atoms with Crippen LogP contribution in [0.3, 0.4) is 0 Å². The molecule has 0 aromatic rings. The molecule has 0 bridgehead atoms. The number of quaternary nitrogens is 1. The van der Waals surface area contributed by atoms with E-state index in [9.17, 15) is 19.5 Å². The van der Waals surface area contributed by atoms with Gasteiger partial charge in [0.2, 0.25) is 0 Å². The van der Waals surface area contributed by atoms with Crippen LogP contribution in [0, 0.1) is 0 Å².